The summed E-state index contributed by atoms with van der Waals surface area (Å²) in [6.45, 7) is 18.3. The number of hydrogen-bond acceptors (Lipinski definition) is 7. The summed E-state index contributed by atoms with van der Waals surface area (Å²) in [5, 5.41) is 34.7. The van der Waals surface area contributed by atoms with Crippen molar-refractivity contribution in [2.45, 2.75) is 144 Å². The quantitative estimate of drug-likeness (QED) is 0.0888. The third-order valence-corrected chi connectivity index (χ3v) is 9.00. The molecule has 0 aliphatic carbocycles. The summed E-state index contributed by atoms with van der Waals surface area (Å²) in [7, 11) is 0. The molecular weight excluding hydrogens is 666 g/mol. The van der Waals surface area contributed by atoms with Crippen molar-refractivity contribution in [2.75, 3.05) is 0 Å². The molecule has 294 valence electrons. The van der Waals surface area contributed by atoms with Gasteiger partial charge >= 0.3 is 5.97 Å². The summed E-state index contributed by atoms with van der Waals surface area (Å²) < 4.78 is 0. The molecule has 52 heavy (non-hydrogen) atoms. The van der Waals surface area contributed by atoms with E-state index < -0.39 is 65.9 Å². The number of aliphatic carboxylic acids is 1. The van der Waals surface area contributed by atoms with Crippen LogP contribution in [-0.2, 0) is 35.2 Å². The topological polar surface area (TPSA) is 203 Å². The molecule has 0 heterocycles. The van der Waals surface area contributed by atoms with Crippen LogP contribution < -0.4 is 26.6 Å². The molecule has 0 saturated heterocycles. The minimum absolute atomic E-state index is 0.0563. The molecular formula is C39H65N5O8. The number of carboxylic acids is 1. The second kappa shape index (κ2) is 22.8. The molecule has 2 unspecified atom stereocenters. The molecule has 1 aromatic carbocycles. The molecule has 5 amide bonds. The van der Waals surface area contributed by atoms with E-state index in [0.717, 1.165) is 5.56 Å². The zero-order valence-electron chi connectivity index (χ0n) is 32.8. The minimum atomic E-state index is -1.18. The van der Waals surface area contributed by atoms with E-state index in [4.69, 9.17) is 0 Å². The molecule has 7 N–H and O–H groups in total. The fraction of sp³-hybridized carbons (Fsp3) is 0.692. The lowest BCUT2D eigenvalue weighted by Gasteiger charge is -2.30. The lowest BCUT2D eigenvalue weighted by Crippen LogP contribution is -2.58. The van der Waals surface area contributed by atoms with Crippen molar-refractivity contribution in [3.05, 3.63) is 35.9 Å². The van der Waals surface area contributed by atoms with Crippen LogP contribution in [0.25, 0.3) is 0 Å². The highest BCUT2D eigenvalue weighted by Gasteiger charge is 2.34. The molecule has 13 nitrogen and oxygen atoms in total. The van der Waals surface area contributed by atoms with Gasteiger partial charge in [0.15, 0.2) is 0 Å². The van der Waals surface area contributed by atoms with E-state index in [2.05, 4.69) is 26.6 Å². The Balaban J connectivity index is 3.16. The van der Waals surface area contributed by atoms with E-state index in [0.29, 0.717) is 12.8 Å². The van der Waals surface area contributed by atoms with Gasteiger partial charge in [-0.15, -0.1) is 0 Å². The second-order valence-corrected chi connectivity index (χ2v) is 15.5. The van der Waals surface area contributed by atoms with Crippen molar-refractivity contribution in [3.63, 3.8) is 0 Å². The highest BCUT2D eigenvalue weighted by atomic mass is 16.4. The number of carboxylic acid groups (broad SMARTS) is 1. The zero-order valence-corrected chi connectivity index (χ0v) is 32.8. The zero-order chi connectivity index (χ0) is 39.7. The first-order chi connectivity index (χ1) is 24.3. The maximum atomic E-state index is 13.8. The van der Waals surface area contributed by atoms with Crippen molar-refractivity contribution in [3.8, 4) is 0 Å². The predicted molar refractivity (Wildman–Crippen MR) is 201 cm³/mol. The van der Waals surface area contributed by atoms with Crippen molar-refractivity contribution in [2.24, 2.45) is 29.6 Å². The van der Waals surface area contributed by atoms with Crippen LogP contribution in [0, 0.1) is 29.6 Å². The van der Waals surface area contributed by atoms with Gasteiger partial charge in [-0.3, -0.25) is 24.0 Å². The van der Waals surface area contributed by atoms with Crippen LogP contribution in [0.3, 0.4) is 0 Å². The molecule has 13 heteroatoms. The smallest absolute Gasteiger partial charge is 0.326 e. The van der Waals surface area contributed by atoms with Crippen molar-refractivity contribution < 1.29 is 39.0 Å². The van der Waals surface area contributed by atoms with Gasteiger partial charge in [0.05, 0.1) is 12.1 Å². The highest BCUT2D eigenvalue weighted by Crippen LogP contribution is 2.15. The Morgan fingerprint density at radius 2 is 1.21 bits per heavy atom. The fourth-order valence-corrected chi connectivity index (χ4v) is 5.72. The monoisotopic (exact) mass is 731 g/mol. The largest absolute Gasteiger partial charge is 0.480 e. The van der Waals surface area contributed by atoms with Crippen LogP contribution in [0.2, 0.25) is 0 Å². The Kier molecular flexibility index (Phi) is 20.2. The molecule has 0 saturated carbocycles. The Hall–Kier alpha value is -4.00. The Morgan fingerprint density at radius 1 is 0.654 bits per heavy atom. The van der Waals surface area contributed by atoms with Gasteiger partial charge in [0.2, 0.25) is 29.5 Å². The number of hydrogen-bond donors (Lipinski definition) is 7. The minimum Gasteiger partial charge on any atom is -0.480 e. The van der Waals surface area contributed by atoms with Crippen LogP contribution in [0.15, 0.2) is 30.3 Å². The number of carbonyl (C=O) groups excluding carboxylic acids is 5. The molecule has 0 bridgehead atoms. The number of nitrogens with one attached hydrogen (secondary N) is 5. The van der Waals surface area contributed by atoms with Gasteiger partial charge in [-0.1, -0.05) is 106 Å². The summed E-state index contributed by atoms with van der Waals surface area (Å²) in [4.78, 5) is 77.8. The molecule has 0 aromatic heterocycles. The summed E-state index contributed by atoms with van der Waals surface area (Å²) in [6, 6.07) is 4.47. The third-order valence-electron chi connectivity index (χ3n) is 9.00. The van der Waals surface area contributed by atoms with Crippen LogP contribution >= 0.6 is 0 Å². The SMILES string of the molecule is CC[C@H](C)[C@H](NC(=O)CCC(O)C(Cc1ccccc1)NC(=O)[C@@H](NC(=O)[C@H](CC(C)C)NC(=O)CC(C)C)C(C)C)C(=O)N[C@H](C(=O)O)C(C)C. The molecule has 1 rings (SSSR count). The molecule has 0 fully saturated rings. The first-order valence-corrected chi connectivity index (χ1v) is 18.7. The van der Waals surface area contributed by atoms with E-state index in [1.165, 1.54) is 0 Å². The lowest BCUT2D eigenvalue weighted by atomic mass is 9.95. The summed E-state index contributed by atoms with van der Waals surface area (Å²) >= 11 is 0. The summed E-state index contributed by atoms with van der Waals surface area (Å²) in [5.41, 5.74) is 0.831. The van der Waals surface area contributed by atoms with E-state index in [-0.39, 0.29) is 61.2 Å². The van der Waals surface area contributed by atoms with Gasteiger partial charge in [0.25, 0.3) is 0 Å². The maximum absolute atomic E-state index is 13.8. The van der Waals surface area contributed by atoms with Gasteiger partial charge in [-0.2, -0.15) is 0 Å². The van der Waals surface area contributed by atoms with Gasteiger partial charge in [0.1, 0.15) is 24.2 Å². The van der Waals surface area contributed by atoms with Gasteiger partial charge in [0, 0.05) is 12.8 Å². The Bertz CT molecular complexity index is 1300. The fourth-order valence-electron chi connectivity index (χ4n) is 5.72. The average Bonchev–Trinajstić information content (AvgIpc) is 3.05. The van der Waals surface area contributed by atoms with E-state index in [1.54, 1.807) is 34.6 Å². The van der Waals surface area contributed by atoms with Crippen LogP contribution in [0.1, 0.15) is 107 Å². The second-order valence-electron chi connectivity index (χ2n) is 15.5. The first-order valence-electron chi connectivity index (χ1n) is 18.7. The summed E-state index contributed by atoms with van der Waals surface area (Å²) in [5.74, 6) is -4.32. The number of benzene rings is 1. The van der Waals surface area contributed by atoms with Gasteiger partial charge < -0.3 is 36.8 Å². The predicted octanol–water partition coefficient (Wildman–Crippen LogP) is 3.33. The first kappa shape index (κ1) is 46.0. The van der Waals surface area contributed by atoms with Gasteiger partial charge in [-0.05, 0) is 54.4 Å². The van der Waals surface area contributed by atoms with Crippen LogP contribution in [0.5, 0.6) is 0 Å². The van der Waals surface area contributed by atoms with Crippen molar-refractivity contribution in [1.82, 2.24) is 26.6 Å². The van der Waals surface area contributed by atoms with Crippen LogP contribution in [0.4, 0.5) is 0 Å². The van der Waals surface area contributed by atoms with E-state index in [9.17, 15) is 39.0 Å². The molecule has 0 aliphatic rings. The lowest BCUT2D eigenvalue weighted by molar-refractivity contribution is -0.143. The van der Waals surface area contributed by atoms with E-state index in [1.807, 2.05) is 65.0 Å². The van der Waals surface area contributed by atoms with Crippen molar-refractivity contribution in [1.29, 1.82) is 0 Å². The molecule has 0 aliphatic heterocycles. The highest BCUT2D eigenvalue weighted by molar-refractivity contribution is 5.92. The molecule has 0 spiro atoms. The number of aliphatic hydroxyl groups excluding tert-OH is 1. The number of aliphatic hydroxyl groups is 1. The van der Waals surface area contributed by atoms with Crippen molar-refractivity contribution >= 4 is 35.5 Å². The Labute approximate surface area is 310 Å². The van der Waals surface area contributed by atoms with E-state index >= 15 is 0 Å². The maximum Gasteiger partial charge on any atom is 0.326 e. The summed E-state index contributed by atoms with van der Waals surface area (Å²) in [6.07, 6.45) is 0.0149. The third kappa shape index (κ3) is 16.6. The van der Waals surface area contributed by atoms with Crippen LogP contribution in [-0.4, -0.2) is 82.0 Å². The normalized spacial score (nSPS) is 15.6. The van der Waals surface area contributed by atoms with Gasteiger partial charge in [-0.25, -0.2) is 4.79 Å². The number of carbonyl (C=O) groups is 6. The Morgan fingerprint density at radius 3 is 1.71 bits per heavy atom. The molecule has 1 aromatic rings. The molecule has 7 atom stereocenters. The molecule has 0 radical (unpaired) electrons. The number of amides is 5. The number of rotatable bonds is 23. The average molecular weight is 732 g/mol. The standard InChI is InChI=1S/C39H65N5O8/c1-11-26(10)35(38(50)44-34(25(8)9)39(51)52)42-31(46)18-17-30(45)28(21-27-15-13-12-14-16-27)41-37(49)33(24(6)7)43-36(48)29(19-22(2)3)40-32(47)20-23(4)5/h12-16,22-26,28-30,33-35,45H,11,17-21H2,1-10H3,(H,40,47)(H,41,49)(H,42,46)(H,43,48)(H,44,50)(H,51,52)/t26-,28?,29-,30?,33-,34-,35-/m0/s1.